The number of ether oxygens (including phenoxy) is 1. The summed E-state index contributed by atoms with van der Waals surface area (Å²) < 4.78 is 34.9. The fourth-order valence-electron chi connectivity index (χ4n) is 5.62. The first-order valence-corrected chi connectivity index (χ1v) is 12.9. The molecule has 3 heterocycles. The summed E-state index contributed by atoms with van der Waals surface area (Å²) in [6.45, 7) is 7.04. The second-order valence-corrected chi connectivity index (χ2v) is 11.6. The molecule has 1 saturated carbocycles. The van der Waals surface area contributed by atoms with Gasteiger partial charge in [-0.15, -0.1) is 0 Å². The van der Waals surface area contributed by atoms with Crippen LogP contribution in [0.15, 0.2) is 36.7 Å². The van der Waals surface area contributed by atoms with E-state index in [0.29, 0.717) is 29.9 Å². The zero-order valence-corrected chi connectivity index (χ0v) is 22.2. The molecule has 208 valence electrons. The zero-order chi connectivity index (χ0) is 28.1. The van der Waals surface area contributed by atoms with Crippen molar-refractivity contribution in [2.75, 3.05) is 18.8 Å². The largest absolute Gasteiger partial charge is 0.444 e. The third-order valence-electron chi connectivity index (χ3n) is 7.42. The maximum atomic E-state index is 13.1. The molecule has 1 saturated heterocycles. The Morgan fingerprint density at radius 2 is 2.00 bits per heavy atom. The normalized spacial score (nSPS) is 21.0. The van der Waals surface area contributed by atoms with Crippen LogP contribution in [-0.2, 0) is 11.3 Å². The van der Waals surface area contributed by atoms with Crippen LogP contribution in [-0.4, -0.2) is 55.2 Å². The highest BCUT2D eigenvalue weighted by Gasteiger charge is 2.51. The Balaban J connectivity index is 1.32. The second kappa shape index (κ2) is 9.65. The van der Waals surface area contributed by atoms with Gasteiger partial charge in [-0.05, 0) is 57.1 Å². The highest BCUT2D eigenvalue weighted by atomic mass is 19.3. The summed E-state index contributed by atoms with van der Waals surface area (Å²) in [4.78, 5) is 26.6. The number of benzene rings is 1. The van der Waals surface area contributed by atoms with Gasteiger partial charge in [0.1, 0.15) is 22.7 Å². The number of aromatic nitrogens is 4. The van der Waals surface area contributed by atoms with Gasteiger partial charge in [0.2, 0.25) is 0 Å². The van der Waals surface area contributed by atoms with Gasteiger partial charge in [-0.3, -0.25) is 9.48 Å². The maximum Gasteiger partial charge on any atom is 0.410 e. The lowest BCUT2D eigenvalue weighted by atomic mass is 9.65. The van der Waals surface area contributed by atoms with Gasteiger partial charge in [0.15, 0.2) is 0 Å². The number of nitrogens with zero attached hydrogens (tertiary/aromatic N) is 5. The van der Waals surface area contributed by atoms with E-state index in [9.17, 15) is 18.4 Å². The number of alkyl halides is 2. The van der Waals surface area contributed by atoms with Crippen molar-refractivity contribution in [3.8, 4) is 11.3 Å². The Bertz CT molecular complexity index is 1400. The van der Waals surface area contributed by atoms with Crippen molar-refractivity contribution in [1.29, 1.82) is 0 Å². The van der Waals surface area contributed by atoms with E-state index >= 15 is 0 Å². The predicted molar refractivity (Wildman–Crippen MR) is 140 cm³/mol. The molecule has 1 spiro atoms. The third kappa shape index (κ3) is 5.32. The van der Waals surface area contributed by atoms with Crippen LogP contribution in [0.2, 0.25) is 0 Å². The van der Waals surface area contributed by atoms with Gasteiger partial charge in [0.05, 0.1) is 18.8 Å². The average molecular weight is 542 g/mol. The fourth-order valence-corrected chi connectivity index (χ4v) is 5.62. The van der Waals surface area contributed by atoms with Crippen LogP contribution in [0.4, 0.5) is 19.4 Å². The first-order chi connectivity index (χ1) is 18.3. The van der Waals surface area contributed by atoms with Gasteiger partial charge in [0, 0.05) is 30.4 Å². The molecule has 0 atom stereocenters. The number of hydrogen-bond donors (Lipinski definition) is 2. The van der Waals surface area contributed by atoms with E-state index in [1.54, 1.807) is 38.8 Å². The van der Waals surface area contributed by atoms with Gasteiger partial charge < -0.3 is 21.1 Å². The summed E-state index contributed by atoms with van der Waals surface area (Å²) in [7, 11) is 0. The van der Waals surface area contributed by atoms with Crippen molar-refractivity contribution >= 4 is 17.8 Å². The number of halogens is 2. The number of hydrogen-bond acceptors (Lipinski definition) is 6. The monoisotopic (exact) mass is 541 g/mol. The Morgan fingerprint density at radius 3 is 2.67 bits per heavy atom. The number of nitrogens with two attached hydrogens (primary N) is 2. The summed E-state index contributed by atoms with van der Waals surface area (Å²) in [5.41, 5.74) is 13.1. The molecule has 1 aromatic carbocycles. The van der Waals surface area contributed by atoms with Gasteiger partial charge in [-0.2, -0.15) is 10.2 Å². The quantitative estimate of drug-likeness (QED) is 0.476. The molecule has 3 aromatic rings. The molecule has 2 aromatic heterocycles. The number of rotatable bonds is 6. The predicted octanol–water partition coefficient (Wildman–Crippen LogP) is 4.38. The zero-order valence-electron chi connectivity index (χ0n) is 22.2. The van der Waals surface area contributed by atoms with Crippen LogP contribution < -0.4 is 11.5 Å². The van der Waals surface area contributed by atoms with Crippen molar-refractivity contribution < 1.29 is 23.1 Å². The van der Waals surface area contributed by atoms with E-state index in [-0.39, 0.29) is 41.0 Å². The summed E-state index contributed by atoms with van der Waals surface area (Å²) in [6.07, 6.45) is 2.75. The summed E-state index contributed by atoms with van der Waals surface area (Å²) in [5.74, 6) is -0.506. The number of primary amides is 1. The van der Waals surface area contributed by atoms with Crippen LogP contribution >= 0.6 is 0 Å². The molecule has 2 fully saturated rings. The highest BCUT2D eigenvalue weighted by molar-refractivity contribution is 6.03. The Hall–Kier alpha value is -3.96. The van der Waals surface area contributed by atoms with Crippen LogP contribution in [0.25, 0.3) is 11.3 Å². The number of carbonyl (C=O) groups is 2. The second-order valence-electron chi connectivity index (χ2n) is 11.6. The lowest BCUT2D eigenvalue weighted by Gasteiger charge is -2.45. The van der Waals surface area contributed by atoms with Gasteiger partial charge in [0.25, 0.3) is 12.3 Å². The first-order valence-electron chi connectivity index (χ1n) is 12.9. The Kier molecular flexibility index (Phi) is 6.59. The topological polar surface area (TPSA) is 134 Å². The number of amides is 2. The molecular formula is C27H33F2N7O3. The molecule has 1 aliphatic heterocycles. The minimum Gasteiger partial charge on any atom is -0.444 e. The molecule has 2 aliphatic rings. The van der Waals surface area contributed by atoms with Gasteiger partial charge in [-0.25, -0.2) is 18.3 Å². The molecule has 39 heavy (non-hydrogen) atoms. The van der Waals surface area contributed by atoms with Gasteiger partial charge >= 0.3 is 6.09 Å². The smallest absolute Gasteiger partial charge is 0.410 e. The maximum absolute atomic E-state index is 13.1. The summed E-state index contributed by atoms with van der Waals surface area (Å²) >= 11 is 0. The number of carbonyl (C=O) groups excluding carboxylic acids is 2. The Morgan fingerprint density at radius 1 is 1.26 bits per heavy atom. The molecule has 0 unspecified atom stereocenters. The van der Waals surface area contributed by atoms with E-state index in [2.05, 4.69) is 10.2 Å². The Labute approximate surface area is 224 Å². The molecule has 0 bridgehead atoms. The number of anilines is 1. The molecule has 5 rings (SSSR count). The van der Waals surface area contributed by atoms with Crippen molar-refractivity contribution in [2.45, 2.75) is 64.6 Å². The lowest BCUT2D eigenvalue weighted by Crippen LogP contribution is -2.43. The minimum atomic E-state index is -2.56. The highest BCUT2D eigenvalue weighted by Crippen LogP contribution is 2.55. The molecule has 2 amide bonds. The molecule has 10 nitrogen and oxygen atoms in total. The third-order valence-corrected chi connectivity index (χ3v) is 7.42. The van der Waals surface area contributed by atoms with E-state index in [1.807, 2.05) is 20.8 Å². The number of nitrogen functional groups attached to an aromatic ring is 1. The fraction of sp³-hybridized carbons (Fsp3) is 0.481. The van der Waals surface area contributed by atoms with Crippen LogP contribution in [0.1, 0.15) is 74.0 Å². The van der Waals surface area contributed by atoms with Crippen LogP contribution in [0.3, 0.4) is 0 Å². The van der Waals surface area contributed by atoms with E-state index < -0.39 is 17.9 Å². The standard InChI is InChI=1S/C27H33F2N7O3/c1-26(2,3)39-25(38)34-8-7-27(15-34)10-19(11-27)36-23(30)20(24(31)37)21(33-36)18-12-32-35(14-18)13-16-5-4-6-17(9-16)22(28)29/h4-6,9,12,14,19,22H,7-8,10-11,13,15,30H2,1-3H3,(H2,31,37). The summed E-state index contributed by atoms with van der Waals surface area (Å²) in [5, 5.41) is 9.00. The average Bonchev–Trinajstić information content (AvgIpc) is 3.54. The van der Waals surface area contributed by atoms with Crippen molar-refractivity contribution in [3.63, 3.8) is 0 Å². The molecular weight excluding hydrogens is 508 g/mol. The van der Waals surface area contributed by atoms with Crippen molar-refractivity contribution in [3.05, 3.63) is 53.3 Å². The van der Waals surface area contributed by atoms with Crippen molar-refractivity contribution in [2.24, 2.45) is 11.1 Å². The van der Waals surface area contributed by atoms with Crippen LogP contribution in [0, 0.1) is 5.41 Å². The van der Waals surface area contributed by atoms with Crippen molar-refractivity contribution in [1.82, 2.24) is 24.5 Å². The van der Waals surface area contributed by atoms with Crippen LogP contribution in [0.5, 0.6) is 0 Å². The first kappa shape index (κ1) is 26.6. The minimum absolute atomic E-state index is 0.0370. The van der Waals surface area contributed by atoms with Gasteiger partial charge in [-0.1, -0.05) is 18.2 Å². The molecule has 1 aliphatic carbocycles. The van der Waals surface area contributed by atoms with E-state index in [1.165, 1.54) is 12.1 Å². The van der Waals surface area contributed by atoms with E-state index in [4.69, 9.17) is 16.2 Å². The molecule has 0 radical (unpaired) electrons. The molecule has 4 N–H and O–H groups in total. The van der Waals surface area contributed by atoms with E-state index in [0.717, 1.165) is 19.3 Å². The number of likely N-dealkylation sites (tertiary alicyclic amines) is 1. The SMILES string of the molecule is CC(C)(C)OC(=O)N1CCC2(CC(n3nc(-c4cnn(Cc5cccc(C(F)F)c5)c4)c(C(N)=O)c3N)C2)C1. The summed E-state index contributed by atoms with van der Waals surface area (Å²) in [6, 6.07) is 6.10. The molecule has 12 heteroatoms. The lowest BCUT2D eigenvalue weighted by molar-refractivity contribution is 0.0187.